The summed E-state index contributed by atoms with van der Waals surface area (Å²) in [4.78, 5) is 28.1. The molecule has 1 atom stereocenters. The molecule has 6 nitrogen and oxygen atoms in total. The monoisotopic (exact) mass is 392 g/mol. The van der Waals surface area contributed by atoms with Crippen molar-refractivity contribution in [2.45, 2.75) is 12.6 Å². The van der Waals surface area contributed by atoms with Gasteiger partial charge in [0.2, 0.25) is 0 Å². The molecule has 1 aliphatic rings. The van der Waals surface area contributed by atoms with Gasteiger partial charge in [-0.05, 0) is 11.6 Å². The molecule has 1 fully saturated rings. The molecule has 29 heavy (non-hydrogen) atoms. The van der Waals surface area contributed by atoms with E-state index in [0.29, 0.717) is 49.2 Å². The molecule has 150 valence electrons. The smallest absolute Gasteiger partial charge is 0.258 e. The SMILES string of the molecule is COCCn1cc(C(=O)N2CCO[C@H](c3ccccc3)C2)c2ccccc2c1=O. The topological polar surface area (TPSA) is 60.8 Å². The molecule has 0 bridgehead atoms. The normalized spacial score (nSPS) is 16.9. The molecule has 1 saturated heterocycles. The summed E-state index contributed by atoms with van der Waals surface area (Å²) in [6, 6.07) is 17.2. The fourth-order valence-corrected chi connectivity index (χ4v) is 3.74. The average molecular weight is 392 g/mol. The number of pyridine rings is 1. The maximum Gasteiger partial charge on any atom is 0.258 e. The molecular formula is C23H24N2O4. The molecular weight excluding hydrogens is 368 g/mol. The van der Waals surface area contributed by atoms with Crippen LogP contribution in [0, 0.1) is 0 Å². The lowest BCUT2D eigenvalue weighted by Crippen LogP contribution is -2.42. The van der Waals surface area contributed by atoms with Crippen LogP contribution in [0.4, 0.5) is 0 Å². The number of rotatable bonds is 5. The van der Waals surface area contributed by atoms with Crippen molar-refractivity contribution < 1.29 is 14.3 Å². The van der Waals surface area contributed by atoms with Gasteiger partial charge >= 0.3 is 0 Å². The summed E-state index contributed by atoms with van der Waals surface area (Å²) in [5.41, 5.74) is 1.48. The minimum absolute atomic E-state index is 0.0865. The fraction of sp³-hybridized carbons (Fsp3) is 0.304. The Labute approximate surface area is 169 Å². The maximum atomic E-state index is 13.5. The highest BCUT2D eigenvalue weighted by Crippen LogP contribution is 2.24. The second-order valence-electron chi connectivity index (χ2n) is 7.10. The molecule has 1 aromatic heterocycles. The first-order chi connectivity index (χ1) is 14.2. The van der Waals surface area contributed by atoms with Crippen molar-refractivity contribution in [3.63, 3.8) is 0 Å². The van der Waals surface area contributed by atoms with Crippen LogP contribution in [0.2, 0.25) is 0 Å². The van der Waals surface area contributed by atoms with Crippen LogP contribution < -0.4 is 5.56 Å². The highest BCUT2D eigenvalue weighted by atomic mass is 16.5. The number of morpholine rings is 1. The van der Waals surface area contributed by atoms with Crippen LogP contribution in [0.25, 0.3) is 10.8 Å². The Morgan fingerprint density at radius 1 is 1.10 bits per heavy atom. The zero-order chi connectivity index (χ0) is 20.2. The third-order valence-corrected chi connectivity index (χ3v) is 5.29. The summed E-state index contributed by atoms with van der Waals surface area (Å²) < 4.78 is 12.6. The van der Waals surface area contributed by atoms with Crippen LogP contribution in [0.5, 0.6) is 0 Å². The summed E-state index contributed by atoms with van der Waals surface area (Å²) in [5, 5.41) is 1.22. The predicted molar refractivity (Wildman–Crippen MR) is 111 cm³/mol. The summed E-state index contributed by atoms with van der Waals surface area (Å²) >= 11 is 0. The van der Waals surface area contributed by atoms with Crippen molar-refractivity contribution in [2.24, 2.45) is 0 Å². The molecule has 2 heterocycles. The van der Waals surface area contributed by atoms with Crippen LogP contribution >= 0.6 is 0 Å². The number of hydrogen-bond donors (Lipinski definition) is 0. The molecule has 6 heteroatoms. The van der Waals surface area contributed by atoms with E-state index in [1.165, 1.54) is 0 Å². The third-order valence-electron chi connectivity index (χ3n) is 5.29. The number of ether oxygens (including phenoxy) is 2. The van der Waals surface area contributed by atoms with Crippen molar-refractivity contribution in [2.75, 3.05) is 33.4 Å². The van der Waals surface area contributed by atoms with Crippen LogP contribution in [-0.2, 0) is 16.0 Å². The molecule has 0 spiro atoms. The summed E-state index contributed by atoms with van der Waals surface area (Å²) in [5.74, 6) is -0.0865. The second kappa shape index (κ2) is 8.59. The quantitative estimate of drug-likeness (QED) is 0.670. The van der Waals surface area contributed by atoms with E-state index in [1.54, 1.807) is 23.9 Å². The lowest BCUT2D eigenvalue weighted by Gasteiger charge is -2.33. The largest absolute Gasteiger partial charge is 0.383 e. The van der Waals surface area contributed by atoms with Crippen LogP contribution in [0.3, 0.4) is 0 Å². The molecule has 3 aromatic rings. The van der Waals surface area contributed by atoms with Gasteiger partial charge in [0, 0.05) is 37.2 Å². The number of benzene rings is 2. The van der Waals surface area contributed by atoms with E-state index in [1.807, 2.05) is 53.4 Å². The van der Waals surface area contributed by atoms with E-state index >= 15 is 0 Å². The van der Waals surface area contributed by atoms with Gasteiger partial charge in [0.1, 0.15) is 6.10 Å². The molecule has 0 unspecified atom stereocenters. The molecule has 0 radical (unpaired) electrons. The van der Waals surface area contributed by atoms with Crippen molar-refractivity contribution in [3.05, 3.63) is 82.3 Å². The van der Waals surface area contributed by atoms with Gasteiger partial charge in [-0.25, -0.2) is 0 Å². The Balaban J connectivity index is 1.69. The van der Waals surface area contributed by atoms with Gasteiger partial charge in [0.15, 0.2) is 0 Å². The highest BCUT2D eigenvalue weighted by molar-refractivity contribution is 6.06. The molecule has 0 N–H and O–H groups in total. The summed E-state index contributed by atoms with van der Waals surface area (Å²) in [7, 11) is 1.59. The summed E-state index contributed by atoms with van der Waals surface area (Å²) in [6.45, 7) is 2.28. The lowest BCUT2D eigenvalue weighted by molar-refractivity contribution is -0.0227. The lowest BCUT2D eigenvalue weighted by atomic mass is 10.0. The van der Waals surface area contributed by atoms with Crippen molar-refractivity contribution in [1.82, 2.24) is 9.47 Å². The van der Waals surface area contributed by atoms with Crippen molar-refractivity contribution >= 4 is 16.7 Å². The van der Waals surface area contributed by atoms with Crippen LogP contribution in [0.1, 0.15) is 22.0 Å². The highest BCUT2D eigenvalue weighted by Gasteiger charge is 2.27. The van der Waals surface area contributed by atoms with Crippen molar-refractivity contribution in [1.29, 1.82) is 0 Å². The molecule has 0 aliphatic carbocycles. The zero-order valence-electron chi connectivity index (χ0n) is 16.4. The van der Waals surface area contributed by atoms with E-state index in [-0.39, 0.29) is 17.6 Å². The van der Waals surface area contributed by atoms with Gasteiger partial charge in [-0.3, -0.25) is 9.59 Å². The first-order valence-corrected chi connectivity index (χ1v) is 9.76. The number of aromatic nitrogens is 1. The Morgan fingerprint density at radius 3 is 2.59 bits per heavy atom. The van der Waals surface area contributed by atoms with E-state index in [9.17, 15) is 9.59 Å². The standard InChI is InChI=1S/C23H24N2O4/c1-28-13-11-24-15-20(18-9-5-6-10-19(18)22(24)26)23(27)25-12-14-29-21(16-25)17-7-3-2-4-8-17/h2-10,15,21H,11-14,16H2,1H3/t21-/m0/s1. The minimum Gasteiger partial charge on any atom is -0.383 e. The van der Waals surface area contributed by atoms with Gasteiger partial charge in [-0.1, -0.05) is 48.5 Å². The van der Waals surface area contributed by atoms with Gasteiger partial charge in [-0.15, -0.1) is 0 Å². The number of hydrogen-bond acceptors (Lipinski definition) is 4. The van der Waals surface area contributed by atoms with Crippen LogP contribution in [0.15, 0.2) is 65.6 Å². The zero-order valence-corrected chi connectivity index (χ0v) is 16.4. The van der Waals surface area contributed by atoms with Gasteiger partial charge in [0.25, 0.3) is 11.5 Å². The number of carbonyl (C=O) groups excluding carboxylic acids is 1. The minimum atomic E-state index is -0.153. The molecule has 0 saturated carbocycles. The first-order valence-electron chi connectivity index (χ1n) is 9.76. The molecule has 1 aliphatic heterocycles. The second-order valence-corrected chi connectivity index (χ2v) is 7.10. The first kappa shape index (κ1) is 19.4. The van der Waals surface area contributed by atoms with Crippen LogP contribution in [-0.4, -0.2) is 48.8 Å². The Bertz CT molecular complexity index is 1060. The Kier molecular flexibility index (Phi) is 5.74. The Hall–Kier alpha value is -2.96. The summed E-state index contributed by atoms with van der Waals surface area (Å²) in [6.07, 6.45) is 1.51. The maximum absolute atomic E-state index is 13.5. The Morgan fingerprint density at radius 2 is 1.83 bits per heavy atom. The van der Waals surface area contributed by atoms with E-state index < -0.39 is 0 Å². The predicted octanol–water partition coefficient (Wildman–Crippen LogP) is 2.86. The molecule has 4 rings (SSSR count). The van der Waals surface area contributed by atoms with E-state index in [0.717, 1.165) is 5.56 Å². The number of nitrogens with zero attached hydrogens (tertiary/aromatic N) is 2. The average Bonchev–Trinajstić information content (AvgIpc) is 2.79. The molecule has 2 aromatic carbocycles. The number of carbonyl (C=O) groups is 1. The van der Waals surface area contributed by atoms with E-state index in [4.69, 9.17) is 9.47 Å². The van der Waals surface area contributed by atoms with Crippen molar-refractivity contribution in [3.8, 4) is 0 Å². The van der Waals surface area contributed by atoms with E-state index in [2.05, 4.69) is 0 Å². The number of amides is 1. The van der Waals surface area contributed by atoms with Gasteiger partial charge in [-0.2, -0.15) is 0 Å². The molecule has 1 amide bonds. The third kappa shape index (κ3) is 3.95. The fourth-order valence-electron chi connectivity index (χ4n) is 3.74. The number of fused-ring (bicyclic) bond motifs is 1. The number of methoxy groups -OCH3 is 1. The van der Waals surface area contributed by atoms with Gasteiger partial charge in [0.05, 0.1) is 25.3 Å². The van der Waals surface area contributed by atoms with Gasteiger partial charge < -0.3 is 18.9 Å².